The Balaban J connectivity index is 1.33. The van der Waals surface area contributed by atoms with Gasteiger partial charge in [0.05, 0.1) is 36.6 Å². The molecule has 38 heavy (non-hydrogen) atoms. The molecule has 1 aromatic carbocycles. The maximum absolute atomic E-state index is 13.3. The van der Waals surface area contributed by atoms with E-state index in [-0.39, 0.29) is 29.5 Å². The lowest BCUT2D eigenvalue weighted by Gasteiger charge is -2.30. The summed E-state index contributed by atoms with van der Waals surface area (Å²) < 4.78 is 38.4. The number of carbonyl (C=O) groups is 1. The molecule has 5 heterocycles. The van der Waals surface area contributed by atoms with Crippen LogP contribution in [0.2, 0.25) is 0 Å². The third kappa shape index (κ3) is 3.42. The Morgan fingerprint density at radius 2 is 1.95 bits per heavy atom. The van der Waals surface area contributed by atoms with E-state index >= 15 is 0 Å². The van der Waals surface area contributed by atoms with Crippen molar-refractivity contribution in [3.63, 3.8) is 0 Å². The Hall–Kier alpha value is -3.96. The van der Waals surface area contributed by atoms with E-state index < -0.39 is 12.7 Å². The number of amides is 1. The summed E-state index contributed by atoms with van der Waals surface area (Å²) in [7, 11) is 1.71. The van der Waals surface area contributed by atoms with Gasteiger partial charge in [-0.05, 0) is 30.7 Å². The first-order valence-corrected chi connectivity index (χ1v) is 12.4. The largest absolute Gasteiger partial charge is 0.434 e. The Bertz CT molecular complexity index is 1570. The molecule has 2 bridgehead atoms. The fourth-order valence-electron chi connectivity index (χ4n) is 5.85. The lowest BCUT2D eigenvalue weighted by atomic mass is 9.88. The van der Waals surface area contributed by atoms with E-state index in [2.05, 4.69) is 9.97 Å². The Labute approximate surface area is 215 Å². The summed E-state index contributed by atoms with van der Waals surface area (Å²) in [5, 5.41) is 15.3. The highest BCUT2D eigenvalue weighted by Gasteiger charge is 2.46. The predicted octanol–water partition coefficient (Wildman–Crippen LogP) is 3.73. The fraction of sp³-hybridized carbons (Fsp3) is 0.333. The molecule has 1 aliphatic carbocycles. The second kappa shape index (κ2) is 8.53. The molecule has 2 aliphatic heterocycles. The fourth-order valence-corrected chi connectivity index (χ4v) is 5.85. The summed E-state index contributed by atoms with van der Waals surface area (Å²) in [5.74, 6) is -0.0755. The molecule has 9 nitrogen and oxygen atoms in total. The number of hydrogen-bond acceptors (Lipinski definition) is 7. The maximum Gasteiger partial charge on any atom is 0.387 e. The van der Waals surface area contributed by atoms with Crippen LogP contribution in [-0.4, -0.2) is 62.4 Å². The van der Waals surface area contributed by atoms with E-state index in [9.17, 15) is 18.7 Å². The molecule has 194 valence electrons. The number of aromatic nitrogens is 4. The summed E-state index contributed by atoms with van der Waals surface area (Å²) in [6.45, 7) is -1.98. The van der Waals surface area contributed by atoms with Gasteiger partial charge in [-0.25, -0.2) is 14.5 Å². The molecule has 1 amide bonds. The summed E-state index contributed by atoms with van der Waals surface area (Å²) in [4.78, 5) is 23.9. The van der Waals surface area contributed by atoms with Crippen LogP contribution in [0.5, 0.6) is 5.75 Å². The van der Waals surface area contributed by atoms with Crippen LogP contribution in [0.1, 0.15) is 57.2 Å². The topological polar surface area (TPSA) is 102 Å². The summed E-state index contributed by atoms with van der Waals surface area (Å²) in [5.41, 5.74) is 4.59. The molecule has 3 aromatic heterocycles. The van der Waals surface area contributed by atoms with Crippen LogP contribution in [0.3, 0.4) is 0 Å². The van der Waals surface area contributed by atoms with Crippen LogP contribution in [0.4, 0.5) is 8.78 Å². The van der Waals surface area contributed by atoms with E-state index in [1.807, 2.05) is 12.1 Å². The molecule has 0 radical (unpaired) electrons. The predicted molar refractivity (Wildman–Crippen MR) is 130 cm³/mol. The van der Waals surface area contributed by atoms with Gasteiger partial charge in [-0.2, -0.15) is 13.9 Å². The zero-order chi connectivity index (χ0) is 26.1. The van der Waals surface area contributed by atoms with Gasteiger partial charge in [-0.15, -0.1) is 0 Å². The van der Waals surface area contributed by atoms with Crippen LogP contribution in [0, 0.1) is 5.92 Å². The van der Waals surface area contributed by atoms with Crippen LogP contribution < -0.4 is 4.74 Å². The van der Waals surface area contributed by atoms with Crippen molar-refractivity contribution < 1.29 is 28.2 Å². The van der Waals surface area contributed by atoms with Crippen molar-refractivity contribution in [1.29, 1.82) is 0 Å². The molecule has 11 heteroatoms. The number of carbonyl (C=O) groups excluding carboxylic acids is 1. The number of alkyl halides is 2. The van der Waals surface area contributed by atoms with Crippen LogP contribution in [0.15, 0.2) is 48.9 Å². The van der Waals surface area contributed by atoms with Gasteiger partial charge in [0.1, 0.15) is 5.75 Å². The minimum atomic E-state index is -3.01. The van der Waals surface area contributed by atoms with Gasteiger partial charge in [0, 0.05) is 65.3 Å². The van der Waals surface area contributed by atoms with Crippen LogP contribution >= 0.6 is 0 Å². The molecule has 1 fully saturated rings. The first-order chi connectivity index (χ1) is 18.4. The average Bonchev–Trinajstić information content (AvgIpc) is 3.40. The normalized spacial score (nSPS) is 21.3. The van der Waals surface area contributed by atoms with E-state index in [0.717, 1.165) is 22.3 Å². The van der Waals surface area contributed by atoms with Gasteiger partial charge in [-0.3, -0.25) is 4.79 Å². The highest BCUT2D eigenvalue weighted by molar-refractivity contribution is 5.98. The molecule has 4 aromatic rings. The standard InChI is InChI=1S/C27H23F2N5O4/c1-33-19-8-17(21-16(26(33)36)3-2-4-20(21)38-27(28)29)22-18-7-13(5-6-34(18)32-23(19)22)25-30-9-14(10-31-25)24(35)15-11-37-12-15/h2-7,9-10,15,17,19,24,27,35H,8,11-12H2,1H3/t17-,19-,24+/m1/s1. The third-order valence-electron chi connectivity index (χ3n) is 7.86. The zero-order valence-corrected chi connectivity index (χ0v) is 20.3. The number of ether oxygens (including phenoxy) is 2. The smallest absolute Gasteiger partial charge is 0.387 e. The van der Waals surface area contributed by atoms with Gasteiger partial charge in [0.15, 0.2) is 5.82 Å². The van der Waals surface area contributed by atoms with Crippen LogP contribution in [0.25, 0.3) is 16.9 Å². The van der Waals surface area contributed by atoms with Gasteiger partial charge < -0.3 is 19.5 Å². The maximum atomic E-state index is 13.3. The molecule has 0 spiro atoms. The number of nitrogens with zero attached hydrogens (tertiary/aromatic N) is 5. The molecular formula is C27H23F2N5O4. The molecule has 1 saturated heterocycles. The Kier molecular flexibility index (Phi) is 5.21. The quantitative estimate of drug-likeness (QED) is 0.429. The van der Waals surface area contributed by atoms with Crippen molar-refractivity contribution in [2.24, 2.45) is 5.92 Å². The second-order valence-electron chi connectivity index (χ2n) is 9.94. The SMILES string of the molecule is CN1C(=O)c2cccc(OC(F)F)c2[C@H]2C[C@@H]1c1nn3ccc(-c4ncc([C@H](O)C5COC5)cn4)cc3c12. The van der Waals surface area contributed by atoms with Gasteiger partial charge in [0.25, 0.3) is 5.91 Å². The van der Waals surface area contributed by atoms with Crippen molar-refractivity contribution >= 4 is 11.4 Å². The number of aliphatic hydroxyl groups is 1. The average molecular weight is 520 g/mol. The minimum Gasteiger partial charge on any atom is -0.434 e. The molecule has 0 unspecified atom stereocenters. The van der Waals surface area contributed by atoms with Crippen molar-refractivity contribution in [3.05, 3.63) is 76.9 Å². The van der Waals surface area contributed by atoms with Crippen LogP contribution in [-0.2, 0) is 4.74 Å². The van der Waals surface area contributed by atoms with Crippen molar-refractivity contribution in [2.45, 2.75) is 31.1 Å². The van der Waals surface area contributed by atoms with E-state index in [1.54, 1.807) is 47.2 Å². The molecule has 7 rings (SSSR count). The first kappa shape index (κ1) is 23.2. The van der Waals surface area contributed by atoms with Gasteiger partial charge in [-0.1, -0.05) is 6.07 Å². The number of rotatable bonds is 5. The number of pyridine rings is 1. The monoisotopic (exact) mass is 519 g/mol. The number of hydrogen-bond donors (Lipinski definition) is 1. The summed E-state index contributed by atoms with van der Waals surface area (Å²) in [6.07, 6.45) is 4.89. The highest BCUT2D eigenvalue weighted by Crippen LogP contribution is 2.53. The molecule has 1 N–H and O–H groups in total. The van der Waals surface area contributed by atoms with Gasteiger partial charge in [0.2, 0.25) is 0 Å². The third-order valence-corrected chi connectivity index (χ3v) is 7.86. The number of aliphatic hydroxyl groups excluding tert-OH is 1. The second-order valence-corrected chi connectivity index (χ2v) is 9.94. The number of fused-ring (bicyclic) bond motifs is 9. The summed E-state index contributed by atoms with van der Waals surface area (Å²) in [6, 6.07) is 8.16. The van der Waals surface area contributed by atoms with Gasteiger partial charge >= 0.3 is 6.61 Å². The van der Waals surface area contributed by atoms with E-state index in [0.29, 0.717) is 42.1 Å². The molecule has 3 aliphatic rings. The lowest BCUT2D eigenvalue weighted by molar-refractivity contribution is -0.0925. The van der Waals surface area contributed by atoms with E-state index in [1.165, 1.54) is 6.07 Å². The lowest BCUT2D eigenvalue weighted by Crippen LogP contribution is -2.33. The zero-order valence-electron chi connectivity index (χ0n) is 20.3. The molecule has 3 atom stereocenters. The molecule has 0 saturated carbocycles. The highest BCUT2D eigenvalue weighted by atomic mass is 19.3. The van der Waals surface area contributed by atoms with Crippen molar-refractivity contribution in [2.75, 3.05) is 20.3 Å². The minimum absolute atomic E-state index is 0.00240. The van der Waals surface area contributed by atoms with Crippen molar-refractivity contribution in [1.82, 2.24) is 24.5 Å². The molecular weight excluding hydrogens is 496 g/mol. The Morgan fingerprint density at radius 3 is 2.66 bits per heavy atom. The number of benzene rings is 1. The van der Waals surface area contributed by atoms with Crippen molar-refractivity contribution in [3.8, 4) is 17.1 Å². The number of halogens is 2. The first-order valence-electron chi connectivity index (χ1n) is 12.4. The Morgan fingerprint density at radius 1 is 1.16 bits per heavy atom. The van der Waals surface area contributed by atoms with E-state index in [4.69, 9.17) is 14.6 Å². The summed E-state index contributed by atoms with van der Waals surface area (Å²) >= 11 is 0.